The van der Waals surface area contributed by atoms with Crippen molar-refractivity contribution in [1.82, 2.24) is 10.2 Å². The Hall–Kier alpha value is -2.86. The number of hydrogen-bond donors (Lipinski definition) is 2. The van der Waals surface area contributed by atoms with E-state index in [2.05, 4.69) is 5.32 Å². The van der Waals surface area contributed by atoms with E-state index in [1.807, 2.05) is 48.5 Å². The average molecular weight is 370 g/mol. The number of carbonyl (C=O) groups excluding carboxylic acids is 2. The number of ether oxygens (including phenoxy) is 1. The number of aliphatic hydroxyl groups excluding tert-OH is 1. The lowest BCUT2D eigenvalue weighted by atomic mass is 10.1. The molecule has 0 bridgehead atoms. The number of nitrogens with zero attached hydrogens (tertiary/aromatic N) is 1. The van der Waals surface area contributed by atoms with Crippen molar-refractivity contribution >= 4 is 11.8 Å². The zero-order chi connectivity index (χ0) is 19.5. The van der Waals surface area contributed by atoms with E-state index in [1.165, 1.54) is 4.90 Å². The van der Waals surface area contributed by atoms with Gasteiger partial charge in [-0.15, -0.1) is 0 Å². The Morgan fingerprint density at radius 1 is 1.07 bits per heavy atom. The lowest BCUT2D eigenvalue weighted by Gasteiger charge is -2.28. The first-order chi connectivity index (χ1) is 13.1. The maximum atomic E-state index is 12.8. The Bertz CT molecular complexity index is 707. The normalized spacial score (nSPS) is 11.5. The molecular weight excluding hydrogens is 344 g/mol. The minimum atomic E-state index is -0.657. The van der Waals surface area contributed by atoms with Crippen molar-refractivity contribution in [3.63, 3.8) is 0 Å². The second kappa shape index (κ2) is 11.0. The van der Waals surface area contributed by atoms with Gasteiger partial charge in [-0.05, 0) is 31.0 Å². The van der Waals surface area contributed by atoms with Crippen LogP contribution in [0.3, 0.4) is 0 Å². The van der Waals surface area contributed by atoms with Gasteiger partial charge in [0.2, 0.25) is 5.91 Å². The van der Waals surface area contributed by atoms with Crippen LogP contribution in [-0.2, 0) is 16.1 Å². The second-order valence-electron chi connectivity index (χ2n) is 6.15. The summed E-state index contributed by atoms with van der Waals surface area (Å²) in [5.41, 5.74) is 0.931. The van der Waals surface area contributed by atoms with Crippen LogP contribution in [0.15, 0.2) is 60.7 Å². The molecule has 2 aromatic rings. The van der Waals surface area contributed by atoms with Crippen LogP contribution in [-0.4, -0.2) is 47.6 Å². The zero-order valence-electron chi connectivity index (χ0n) is 15.5. The molecule has 0 radical (unpaired) electrons. The third kappa shape index (κ3) is 6.75. The maximum absolute atomic E-state index is 12.8. The molecule has 0 aliphatic rings. The summed E-state index contributed by atoms with van der Waals surface area (Å²) in [6, 6.07) is 17.9. The van der Waals surface area contributed by atoms with Crippen LogP contribution < -0.4 is 10.1 Å². The highest BCUT2D eigenvalue weighted by Crippen LogP contribution is 2.12. The molecular formula is C21H26N2O4. The van der Waals surface area contributed by atoms with E-state index in [4.69, 9.17) is 9.84 Å². The molecule has 2 N–H and O–H groups in total. The van der Waals surface area contributed by atoms with Gasteiger partial charge in [-0.1, -0.05) is 48.5 Å². The topological polar surface area (TPSA) is 78.9 Å². The highest BCUT2D eigenvalue weighted by molar-refractivity contribution is 5.87. The molecule has 0 heterocycles. The predicted octanol–water partition coefficient (Wildman–Crippen LogP) is 1.98. The van der Waals surface area contributed by atoms with E-state index in [0.29, 0.717) is 25.3 Å². The maximum Gasteiger partial charge on any atom is 0.261 e. The molecule has 6 nitrogen and oxygen atoms in total. The highest BCUT2D eigenvalue weighted by atomic mass is 16.5. The molecule has 0 aliphatic carbocycles. The third-order valence-electron chi connectivity index (χ3n) is 4.10. The molecule has 1 atom stereocenters. The van der Waals surface area contributed by atoms with Crippen molar-refractivity contribution < 1.29 is 19.4 Å². The largest absolute Gasteiger partial charge is 0.484 e. The minimum absolute atomic E-state index is 0.00619. The van der Waals surface area contributed by atoms with Crippen molar-refractivity contribution in [2.24, 2.45) is 0 Å². The fraction of sp³-hybridized carbons (Fsp3) is 0.333. The summed E-state index contributed by atoms with van der Waals surface area (Å²) in [6.07, 6.45) is 0.474. The fourth-order valence-electron chi connectivity index (χ4n) is 2.55. The summed E-state index contributed by atoms with van der Waals surface area (Å²) in [7, 11) is 0. The van der Waals surface area contributed by atoms with E-state index < -0.39 is 6.04 Å². The van der Waals surface area contributed by atoms with Gasteiger partial charge in [0, 0.05) is 19.7 Å². The van der Waals surface area contributed by atoms with Crippen LogP contribution in [0.1, 0.15) is 18.9 Å². The van der Waals surface area contributed by atoms with Crippen molar-refractivity contribution in [1.29, 1.82) is 0 Å². The van der Waals surface area contributed by atoms with Gasteiger partial charge < -0.3 is 20.1 Å². The molecule has 2 aromatic carbocycles. The first kappa shape index (κ1) is 20.5. The molecule has 2 rings (SSSR count). The van der Waals surface area contributed by atoms with E-state index in [9.17, 15) is 9.59 Å². The summed E-state index contributed by atoms with van der Waals surface area (Å²) >= 11 is 0. The Morgan fingerprint density at radius 3 is 2.33 bits per heavy atom. The molecule has 0 saturated heterocycles. The van der Waals surface area contributed by atoms with Gasteiger partial charge >= 0.3 is 0 Å². The SMILES string of the molecule is C[C@@H](C(=O)NCCCO)N(Cc1ccccc1)C(=O)COc1ccccc1. The van der Waals surface area contributed by atoms with Crippen LogP contribution in [0.5, 0.6) is 5.75 Å². The highest BCUT2D eigenvalue weighted by Gasteiger charge is 2.26. The second-order valence-corrected chi connectivity index (χ2v) is 6.15. The third-order valence-corrected chi connectivity index (χ3v) is 4.10. The van der Waals surface area contributed by atoms with Gasteiger partial charge in [0.05, 0.1) is 0 Å². The van der Waals surface area contributed by atoms with Crippen LogP contribution in [0, 0.1) is 0 Å². The molecule has 6 heteroatoms. The summed E-state index contributed by atoms with van der Waals surface area (Å²) < 4.78 is 5.56. The number of aliphatic hydroxyl groups is 1. The van der Waals surface area contributed by atoms with Gasteiger partial charge in [0.25, 0.3) is 5.91 Å². The Kier molecular flexibility index (Phi) is 8.32. The van der Waals surface area contributed by atoms with Gasteiger partial charge in [0.15, 0.2) is 6.61 Å². The van der Waals surface area contributed by atoms with Crippen molar-refractivity contribution in [2.45, 2.75) is 25.9 Å². The van der Waals surface area contributed by atoms with Crippen molar-refractivity contribution in [2.75, 3.05) is 19.8 Å². The molecule has 2 amide bonds. The Balaban J connectivity index is 2.05. The first-order valence-corrected chi connectivity index (χ1v) is 9.01. The zero-order valence-corrected chi connectivity index (χ0v) is 15.5. The average Bonchev–Trinajstić information content (AvgIpc) is 2.71. The number of nitrogens with one attached hydrogen (secondary N) is 1. The quantitative estimate of drug-likeness (QED) is 0.627. The number of carbonyl (C=O) groups is 2. The van der Waals surface area contributed by atoms with Gasteiger partial charge in [-0.3, -0.25) is 9.59 Å². The number of hydrogen-bond acceptors (Lipinski definition) is 4. The van der Waals surface area contributed by atoms with E-state index in [1.54, 1.807) is 19.1 Å². The predicted molar refractivity (Wildman–Crippen MR) is 103 cm³/mol. The Morgan fingerprint density at radius 2 is 1.70 bits per heavy atom. The summed E-state index contributed by atoms with van der Waals surface area (Å²) in [5.74, 6) is 0.0746. The van der Waals surface area contributed by atoms with E-state index >= 15 is 0 Å². The summed E-state index contributed by atoms with van der Waals surface area (Å²) in [4.78, 5) is 26.7. The van der Waals surface area contributed by atoms with E-state index in [-0.39, 0.29) is 25.0 Å². The summed E-state index contributed by atoms with van der Waals surface area (Å²) in [5, 5.41) is 11.6. The molecule has 27 heavy (non-hydrogen) atoms. The lowest BCUT2D eigenvalue weighted by Crippen LogP contribution is -2.49. The molecule has 0 aromatic heterocycles. The van der Waals surface area contributed by atoms with Crippen LogP contribution in [0.4, 0.5) is 0 Å². The van der Waals surface area contributed by atoms with Crippen molar-refractivity contribution in [3.8, 4) is 5.75 Å². The van der Waals surface area contributed by atoms with Crippen LogP contribution >= 0.6 is 0 Å². The smallest absolute Gasteiger partial charge is 0.261 e. The van der Waals surface area contributed by atoms with Gasteiger partial charge in [-0.2, -0.15) is 0 Å². The Labute approximate surface area is 159 Å². The minimum Gasteiger partial charge on any atom is -0.484 e. The molecule has 0 saturated carbocycles. The molecule has 0 spiro atoms. The standard InChI is InChI=1S/C21H26N2O4/c1-17(21(26)22-13-8-14-24)23(15-18-9-4-2-5-10-18)20(25)16-27-19-11-6-3-7-12-19/h2-7,9-12,17,24H,8,13-16H2,1H3,(H,22,26)/t17-/m0/s1. The molecule has 0 unspecified atom stereocenters. The molecule has 144 valence electrons. The number of amides is 2. The molecule has 0 aliphatic heterocycles. The number of rotatable bonds is 10. The number of benzene rings is 2. The van der Waals surface area contributed by atoms with Crippen LogP contribution in [0.25, 0.3) is 0 Å². The summed E-state index contributed by atoms with van der Waals surface area (Å²) in [6.45, 7) is 2.23. The lowest BCUT2D eigenvalue weighted by molar-refractivity contribution is -0.142. The van der Waals surface area contributed by atoms with Crippen molar-refractivity contribution in [3.05, 3.63) is 66.2 Å². The van der Waals surface area contributed by atoms with E-state index in [0.717, 1.165) is 5.56 Å². The molecule has 0 fully saturated rings. The first-order valence-electron chi connectivity index (χ1n) is 9.01. The number of para-hydroxylation sites is 1. The van der Waals surface area contributed by atoms with Gasteiger partial charge in [-0.25, -0.2) is 0 Å². The van der Waals surface area contributed by atoms with Crippen LogP contribution in [0.2, 0.25) is 0 Å². The van der Waals surface area contributed by atoms with Gasteiger partial charge in [0.1, 0.15) is 11.8 Å². The monoisotopic (exact) mass is 370 g/mol. The fourth-order valence-corrected chi connectivity index (χ4v) is 2.55.